The van der Waals surface area contributed by atoms with Gasteiger partial charge in [-0.1, -0.05) is 25.1 Å². The molecule has 2 aromatic rings. The first kappa shape index (κ1) is 16.9. The molecule has 6 heteroatoms. The summed E-state index contributed by atoms with van der Waals surface area (Å²) in [4.78, 5) is 27.8. The van der Waals surface area contributed by atoms with Gasteiger partial charge in [0.05, 0.1) is 17.7 Å². The van der Waals surface area contributed by atoms with Gasteiger partial charge in [0.1, 0.15) is 6.61 Å². The van der Waals surface area contributed by atoms with Crippen molar-refractivity contribution in [2.24, 2.45) is 5.73 Å². The number of benzene rings is 1. The van der Waals surface area contributed by atoms with Crippen LogP contribution in [-0.2, 0) is 16.0 Å². The second kappa shape index (κ2) is 7.69. The zero-order valence-electron chi connectivity index (χ0n) is 13.4. The zero-order chi connectivity index (χ0) is 16.8. The Bertz CT molecular complexity index is 728. The number of nitrogens with two attached hydrogens (primary N) is 1. The van der Waals surface area contributed by atoms with E-state index in [1.165, 1.54) is 0 Å². The lowest BCUT2D eigenvalue weighted by atomic mass is 9.99. The van der Waals surface area contributed by atoms with Crippen LogP contribution in [0.5, 0.6) is 0 Å². The van der Waals surface area contributed by atoms with E-state index in [0.717, 1.165) is 28.6 Å². The number of fused-ring (bicyclic) bond motifs is 1. The van der Waals surface area contributed by atoms with Gasteiger partial charge in [-0.05, 0) is 25.0 Å². The molecule has 1 aromatic carbocycles. The topological polar surface area (TPSA) is 94.3 Å². The lowest BCUT2D eigenvalue weighted by Crippen LogP contribution is -2.29. The summed E-state index contributed by atoms with van der Waals surface area (Å²) in [6.07, 6.45) is 0.763. The molecule has 0 unspecified atom stereocenters. The molecule has 0 fully saturated rings. The van der Waals surface area contributed by atoms with Gasteiger partial charge in [0.15, 0.2) is 0 Å². The van der Waals surface area contributed by atoms with E-state index in [4.69, 9.17) is 10.5 Å². The van der Waals surface area contributed by atoms with E-state index in [2.05, 4.69) is 10.3 Å². The average Bonchev–Trinajstić information content (AvgIpc) is 2.53. The van der Waals surface area contributed by atoms with E-state index in [0.29, 0.717) is 12.1 Å². The molecular weight excluding hydrogens is 294 g/mol. The second-order valence-corrected chi connectivity index (χ2v) is 5.20. The number of pyridine rings is 1. The van der Waals surface area contributed by atoms with Crippen LogP contribution in [0.1, 0.15) is 28.5 Å². The first-order valence-electron chi connectivity index (χ1n) is 7.57. The fourth-order valence-electron chi connectivity index (χ4n) is 2.49. The van der Waals surface area contributed by atoms with E-state index in [1.807, 2.05) is 38.1 Å². The maximum Gasteiger partial charge on any atom is 0.252 e. The fourth-order valence-corrected chi connectivity index (χ4v) is 2.49. The predicted molar refractivity (Wildman–Crippen MR) is 88.2 cm³/mol. The summed E-state index contributed by atoms with van der Waals surface area (Å²) < 4.78 is 5.04. The molecule has 0 saturated heterocycles. The molecule has 2 rings (SSSR count). The van der Waals surface area contributed by atoms with Crippen LogP contribution in [-0.4, -0.2) is 36.6 Å². The van der Waals surface area contributed by atoms with Crippen LogP contribution in [0.3, 0.4) is 0 Å². The molecule has 23 heavy (non-hydrogen) atoms. The Morgan fingerprint density at radius 2 is 2.04 bits per heavy atom. The highest BCUT2D eigenvalue weighted by atomic mass is 16.5. The molecule has 122 valence electrons. The maximum absolute atomic E-state index is 12.6. The monoisotopic (exact) mass is 315 g/mol. The molecule has 0 radical (unpaired) electrons. The standard InChI is InChI=1S/C17H21N3O3/c1-3-13-11(2)16(12-6-4-5-7-14(12)20-13)17(22)19-8-9-23-10-15(18)21/h4-7H,3,8-10H2,1-2H3,(H2,18,21)(H,19,22). The summed E-state index contributed by atoms with van der Waals surface area (Å²) in [5.74, 6) is -0.696. The highest BCUT2D eigenvalue weighted by Gasteiger charge is 2.16. The number of rotatable bonds is 7. The summed E-state index contributed by atoms with van der Waals surface area (Å²) >= 11 is 0. The van der Waals surface area contributed by atoms with E-state index >= 15 is 0 Å². The van der Waals surface area contributed by atoms with Crippen LogP contribution in [0.4, 0.5) is 0 Å². The van der Waals surface area contributed by atoms with Crippen molar-refractivity contribution in [2.75, 3.05) is 19.8 Å². The minimum absolute atomic E-state index is 0.146. The number of hydrogen-bond donors (Lipinski definition) is 2. The van der Waals surface area contributed by atoms with Crippen molar-refractivity contribution in [1.29, 1.82) is 0 Å². The number of primary amides is 1. The maximum atomic E-state index is 12.6. The van der Waals surface area contributed by atoms with Crippen LogP contribution < -0.4 is 11.1 Å². The van der Waals surface area contributed by atoms with Crippen molar-refractivity contribution < 1.29 is 14.3 Å². The molecule has 3 N–H and O–H groups in total. The van der Waals surface area contributed by atoms with Crippen LogP contribution in [0, 0.1) is 6.92 Å². The Morgan fingerprint density at radius 1 is 1.30 bits per heavy atom. The lowest BCUT2D eigenvalue weighted by molar-refractivity contribution is -0.122. The smallest absolute Gasteiger partial charge is 0.252 e. The number of carbonyl (C=O) groups is 2. The minimum Gasteiger partial charge on any atom is -0.370 e. The molecule has 6 nitrogen and oxygen atoms in total. The van der Waals surface area contributed by atoms with Gasteiger partial charge in [-0.3, -0.25) is 14.6 Å². The third-order valence-electron chi connectivity index (χ3n) is 3.57. The Morgan fingerprint density at radius 3 is 2.74 bits per heavy atom. The van der Waals surface area contributed by atoms with E-state index in [9.17, 15) is 9.59 Å². The molecule has 0 aliphatic rings. The zero-order valence-corrected chi connectivity index (χ0v) is 13.4. The van der Waals surface area contributed by atoms with E-state index < -0.39 is 5.91 Å². The number of ether oxygens (including phenoxy) is 1. The number of amides is 2. The Hall–Kier alpha value is -2.47. The SMILES string of the molecule is CCc1nc2ccccc2c(C(=O)NCCOCC(N)=O)c1C. The second-order valence-electron chi connectivity index (χ2n) is 5.20. The van der Waals surface area contributed by atoms with Gasteiger partial charge >= 0.3 is 0 Å². The third kappa shape index (κ3) is 4.04. The summed E-state index contributed by atoms with van der Waals surface area (Å²) in [6.45, 7) is 4.33. The highest BCUT2D eigenvalue weighted by molar-refractivity contribution is 6.07. The van der Waals surface area contributed by atoms with E-state index in [1.54, 1.807) is 0 Å². The van der Waals surface area contributed by atoms with Gasteiger partial charge in [0.25, 0.3) is 5.91 Å². The minimum atomic E-state index is -0.528. The Kier molecular flexibility index (Phi) is 5.65. The van der Waals surface area contributed by atoms with Crippen LogP contribution >= 0.6 is 0 Å². The van der Waals surface area contributed by atoms with Crippen LogP contribution in [0.25, 0.3) is 10.9 Å². The first-order chi connectivity index (χ1) is 11.0. The number of carbonyl (C=O) groups excluding carboxylic acids is 2. The van der Waals surface area contributed by atoms with Gasteiger partial charge in [-0.25, -0.2) is 0 Å². The van der Waals surface area contributed by atoms with Gasteiger partial charge in [0.2, 0.25) is 5.91 Å². The molecule has 1 heterocycles. The van der Waals surface area contributed by atoms with Crippen LogP contribution in [0.2, 0.25) is 0 Å². The number of para-hydroxylation sites is 1. The van der Waals surface area contributed by atoms with Crippen molar-refractivity contribution in [3.8, 4) is 0 Å². The summed E-state index contributed by atoms with van der Waals surface area (Å²) in [7, 11) is 0. The molecular formula is C17H21N3O3. The van der Waals surface area contributed by atoms with Gasteiger partial charge in [-0.2, -0.15) is 0 Å². The largest absolute Gasteiger partial charge is 0.370 e. The van der Waals surface area contributed by atoms with Gasteiger partial charge < -0.3 is 15.8 Å². The van der Waals surface area contributed by atoms with Gasteiger partial charge in [-0.15, -0.1) is 0 Å². The molecule has 0 atom stereocenters. The molecule has 0 saturated carbocycles. The number of aryl methyl sites for hydroxylation is 1. The predicted octanol–water partition coefficient (Wildman–Crippen LogP) is 1.34. The fraction of sp³-hybridized carbons (Fsp3) is 0.353. The average molecular weight is 315 g/mol. The number of nitrogens with zero attached hydrogens (tertiary/aromatic N) is 1. The summed E-state index contributed by atoms with van der Waals surface area (Å²) in [6, 6.07) is 7.60. The van der Waals surface area contributed by atoms with Gasteiger partial charge in [0, 0.05) is 17.6 Å². The number of aromatic nitrogens is 1. The number of hydrogen-bond acceptors (Lipinski definition) is 4. The highest BCUT2D eigenvalue weighted by Crippen LogP contribution is 2.23. The first-order valence-corrected chi connectivity index (χ1v) is 7.57. The third-order valence-corrected chi connectivity index (χ3v) is 3.57. The van der Waals surface area contributed by atoms with Crippen molar-refractivity contribution in [3.05, 3.63) is 41.1 Å². The lowest BCUT2D eigenvalue weighted by Gasteiger charge is -2.13. The van der Waals surface area contributed by atoms with E-state index in [-0.39, 0.29) is 19.1 Å². The molecule has 0 bridgehead atoms. The number of nitrogens with one attached hydrogen (secondary N) is 1. The van der Waals surface area contributed by atoms with Crippen molar-refractivity contribution >= 4 is 22.7 Å². The van der Waals surface area contributed by atoms with Crippen molar-refractivity contribution in [3.63, 3.8) is 0 Å². The quantitative estimate of drug-likeness (QED) is 0.754. The molecule has 0 spiro atoms. The Labute approximate surface area is 135 Å². The molecule has 0 aliphatic heterocycles. The van der Waals surface area contributed by atoms with Crippen molar-refractivity contribution in [1.82, 2.24) is 10.3 Å². The van der Waals surface area contributed by atoms with Crippen molar-refractivity contribution in [2.45, 2.75) is 20.3 Å². The summed E-state index contributed by atoms with van der Waals surface area (Å²) in [5, 5.41) is 3.64. The molecule has 1 aromatic heterocycles. The normalized spacial score (nSPS) is 10.7. The Balaban J connectivity index is 2.19. The van der Waals surface area contributed by atoms with Crippen LogP contribution in [0.15, 0.2) is 24.3 Å². The molecule has 2 amide bonds. The summed E-state index contributed by atoms with van der Waals surface area (Å²) in [5.41, 5.74) is 8.24. The molecule has 0 aliphatic carbocycles.